The number of halogens is 1. The standard InChI is InChI=1S/C14H16FN5O3/c1-22-11-6-20(7-12(11)23-2)14(21)9-5-8(3-4-10(9)15)13-16-18-19-17-13/h3-5,11-12H,6-7H2,1-2H3,(H,16,17,18,19)/t11-,12+. The Hall–Kier alpha value is -2.39. The number of hydrogen-bond donors (Lipinski definition) is 1. The molecule has 9 heteroatoms. The monoisotopic (exact) mass is 321 g/mol. The number of amides is 1. The molecule has 0 spiro atoms. The number of carbonyl (C=O) groups is 1. The molecule has 2 atom stereocenters. The van der Waals surface area contributed by atoms with E-state index in [1.807, 2.05) is 0 Å². The summed E-state index contributed by atoms with van der Waals surface area (Å²) in [6.07, 6.45) is -0.459. The average molecular weight is 321 g/mol. The Morgan fingerprint density at radius 1 is 1.30 bits per heavy atom. The van der Waals surface area contributed by atoms with E-state index in [1.165, 1.54) is 23.1 Å². The van der Waals surface area contributed by atoms with E-state index in [-0.39, 0.29) is 17.8 Å². The van der Waals surface area contributed by atoms with Gasteiger partial charge < -0.3 is 14.4 Å². The van der Waals surface area contributed by atoms with Gasteiger partial charge in [0.05, 0.1) is 5.56 Å². The SMILES string of the molecule is CO[C@H]1CN(C(=O)c2cc(-c3nn[nH]n3)ccc2F)C[C@H]1OC. The van der Waals surface area contributed by atoms with Gasteiger partial charge in [-0.25, -0.2) is 4.39 Å². The van der Waals surface area contributed by atoms with Crippen molar-refractivity contribution in [3.8, 4) is 11.4 Å². The zero-order valence-electron chi connectivity index (χ0n) is 12.7. The molecule has 122 valence electrons. The van der Waals surface area contributed by atoms with E-state index in [4.69, 9.17) is 9.47 Å². The summed E-state index contributed by atoms with van der Waals surface area (Å²) in [5.74, 6) is -0.725. The van der Waals surface area contributed by atoms with Gasteiger partial charge in [0.25, 0.3) is 5.91 Å². The summed E-state index contributed by atoms with van der Waals surface area (Å²) >= 11 is 0. The number of methoxy groups -OCH3 is 2. The Kier molecular flexibility index (Phi) is 4.30. The lowest BCUT2D eigenvalue weighted by Crippen LogP contribution is -2.30. The molecular formula is C14H16FN5O3. The lowest BCUT2D eigenvalue weighted by Gasteiger charge is -2.16. The van der Waals surface area contributed by atoms with Crippen LogP contribution in [0.5, 0.6) is 0 Å². The molecule has 1 N–H and O–H groups in total. The van der Waals surface area contributed by atoms with Crippen LogP contribution < -0.4 is 0 Å². The zero-order chi connectivity index (χ0) is 16.4. The maximum atomic E-state index is 14.1. The van der Waals surface area contributed by atoms with E-state index < -0.39 is 11.7 Å². The van der Waals surface area contributed by atoms with E-state index in [1.54, 1.807) is 14.2 Å². The molecule has 2 aromatic rings. The van der Waals surface area contributed by atoms with Crippen LogP contribution in [0.1, 0.15) is 10.4 Å². The number of H-pyrrole nitrogens is 1. The molecule has 0 radical (unpaired) electrons. The molecule has 2 heterocycles. The fourth-order valence-corrected chi connectivity index (χ4v) is 2.65. The quantitative estimate of drug-likeness (QED) is 0.881. The molecule has 1 fully saturated rings. The molecule has 0 bridgehead atoms. The number of rotatable bonds is 4. The third-order valence-electron chi connectivity index (χ3n) is 3.91. The van der Waals surface area contributed by atoms with Crippen LogP contribution in [0.15, 0.2) is 18.2 Å². The van der Waals surface area contributed by atoms with Gasteiger partial charge in [0, 0.05) is 32.9 Å². The Labute approximate surface area is 131 Å². The van der Waals surface area contributed by atoms with Gasteiger partial charge in [-0.05, 0) is 23.4 Å². The Balaban J connectivity index is 1.86. The van der Waals surface area contributed by atoms with Gasteiger partial charge in [0.15, 0.2) is 0 Å². The summed E-state index contributed by atoms with van der Waals surface area (Å²) in [7, 11) is 3.12. The smallest absolute Gasteiger partial charge is 0.257 e. The van der Waals surface area contributed by atoms with E-state index in [9.17, 15) is 9.18 Å². The summed E-state index contributed by atoms with van der Waals surface area (Å²) in [4.78, 5) is 14.1. The molecule has 1 amide bonds. The van der Waals surface area contributed by atoms with Crippen molar-refractivity contribution in [3.63, 3.8) is 0 Å². The Morgan fingerprint density at radius 2 is 2.00 bits per heavy atom. The highest BCUT2D eigenvalue weighted by Crippen LogP contribution is 2.23. The van der Waals surface area contributed by atoms with E-state index in [0.717, 1.165) is 0 Å². The molecule has 0 aliphatic carbocycles. The highest BCUT2D eigenvalue weighted by molar-refractivity contribution is 5.95. The summed E-state index contributed by atoms with van der Waals surface area (Å²) < 4.78 is 24.7. The number of benzene rings is 1. The largest absolute Gasteiger partial charge is 0.377 e. The number of nitrogens with one attached hydrogen (secondary N) is 1. The van der Waals surface area contributed by atoms with Crippen LogP contribution in [-0.2, 0) is 9.47 Å². The number of ether oxygens (including phenoxy) is 2. The van der Waals surface area contributed by atoms with Crippen LogP contribution >= 0.6 is 0 Å². The molecule has 8 nitrogen and oxygen atoms in total. The van der Waals surface area contributed by atoms with Crippen molar-refractivity contribution in [3.05, 3.63) is 29.6 Å². The van der Waals surface area contributed by atoms with Gasteiger partial charge in [-0.1, -0.05) is 0 Å². The lowest BCUT2D eigenvalue weighted by atomic mass is 10.1. The number of carbonyl (C=O) groups excluding carboxylic acids is 1. The highest BCUT2D eigenvalue weighted by atomic mass is 19.1. The second-order valence-electron chi connectivity index (χ2n) is 5.19. The van der Waals surface area contributed by atoms with Crippen molar-refractivity contribution in [2.45, 2.75) is 12.2 Å². The summed E-state index contributed by atoms with van der Waals surface area (Å²) in [5, 5.41) is 13.4. The number of hydrogen-bond acceptors (Lipinski definition) is 6. The molecule has 1 aromatic carbocycles. The third kappa shape index (κ3) is 2.92. The van der Waals surface area contributed by atoms with Crippen molar-refractivity contribution in [2.75, 3.05) is 27.3 Å². The van der Waals surface area contributed by atoms with E-state index in [2.05, 4.69) is 20.6 Å². The molecule has 1 aliphatic rings. The molecule has 3 rings (SSSR count). The maximum Gasteiger partial charge on any atom is 0.257 e. The first-order chi connectivity index (χ1) is 11.1. The second-order valence-corrected chi connectivity index (χ2v) is 5.19. The fourth-order valence-electron chi connectivity index (χ4n) is 2.65. The lowest BCUT2D eigenvalue weighted by molar-refractivity contribution is -0.00461. The van der Waals surface area contributed by atoms with E-state index >= 15 is 0 Å². The van der Waals surface area contributed by atoms with Gasteiger partial charge in [0.1, 0.15) is 18.0 Å². The van der Waals surface area contributed by atoms with Crippen LogP contribution in [0, 0.1) is 5.82 Å². The first-order valence-electron chi connectivity index (χ1n) is 7.02. The fraction of sp³-hybridized carbons (Fsp3) is 0.429. The van der Waals surface area contributed by atoms with Gasteiger partial charge in [-0.15, -0.1) is 10.2 Å². The van der Waals surface area contributed by atoms with Crippen molar-refractivity contribution in [2.24, 2.45) is 0 Å². The van der Waals surface area contributed by atoms with Crippen molar-refractivity contribution in [1.82, 2.24) is 25.5 Å². The van der Waals surface area contributed by atoms with Crippen molar-refractivity contribution >= 4 is 5.91 Å². The molecule has 1 aromatic heterocycles. The Morgan fingerprint density at radius 3 is 2.57 bits per heavy atom. The zero-order valence-corrected chi connectivity index (χ0v) is 12.7. The third-order valence-corrected chi connectivity index (χ3v) is 3.91. The van der Waals surface area contributed by atoms with Crippen LogP contribution in [0.2, 0.25) is 0 Å². The topological polar surface area (TPSA) is 93.2 Å². The summed E-state index contributed by atoms with van der Waals surface area (Å²) in [5.41, 5.74) is 0.466. The number of aromatic nitrogens is 4. The van der Waals surface area contributed by atoms with E-state index in [0.29, 0.717) is 24.5 Å². The van der Waals surface area contributed by atoms with Crippen LogP contribution in [-0.4, -0.2) is 70.9 Å². The Bertz CT molecular complexity index is 682. The van der Waals surface area contributed by atoms with Crippen LogP contribution in [0.25, 0.3) is 11.4 Å². The number of aromatic amines is 1. The summed E-state index contributed by atoms with van der Waals surface area (Å²) in [6, 6.07) is 4.14. The van der Waals surface area contributed by atoms with Gasteiger partial charge in [-0.2, -0.15) is 5.21 Å². The van der Waals surface area contributed by atoms with Crippen molar-refractivity contribution < 1.29 is 18.7 Å². The molecular weight excluding hydrogens is 305 g/mol. The van der Waals surface area contributed by atoms with Crippen LogP contribution in [0.3, 0.4) is 0 Å². The first kappa shape index (κ1) is 15.5. The highest BCUT2D eigenvalue weighted by Gasteiger charge is 2.36. The molecule has 0 saturated carbocycles. The summed E-state index contributed by atoms with van der Waals surface area (Å²) in [6.45, 7) is 0.694. The second kappa shape index (κ2) is 6.39. The van der Waals surface area contributed by atoms with Crippen molar-refractivity contribution in [1.29, 1.82) is 0 Å². The van der Waals surface area contributed by atoms with Gasteiger partial charge >= 0.3 is 0 Å². The minimum absolute atomic E-state index is 0.0427. The maximum absolute atomic E-state index is 14.1. The normalized spacial score (nSPS) is 20.9. The average Bonchev–Trinajstić information content (AvgIpc) is 3.23. The number of likely N-dealkylation sites (tertiary alicyclic amines) is 1. The predicted octanol–water partition coefficient (Wildman–Crippen LogP) is 0.492. The predicted molar refractivity (Wildman–Crippen MR) is 77.1 cm³/mol. The van der Waals surface area contributed by atoms with Crippen LogP contribution in [0.4, 0.5) is 4.39 Å². The molecule has 23 heavy (non-hydrogen) atoms. The number of tetrazole rings is 1. The molecule has 1 aliphatic heterocycles. The minimum Gasteiger partial charge on any atom is -0.377 e. The molecule has 1 saturated heterocycles. The van der Waals surface area contributed by atoms with Gasteiger partial charge in [0.2, 0.25) is 5.82 Å². The number of nitrogens with zero attached hydrogens (tertiary/aromatic N) is 4. The minimum atomic E-state index is -0.600. The van der Waals surface area contributed by atoms with Gasteiger partial charge in [-0.3, -0.25) is 4.79 Å². The first-order valence-corrected chi connectivity index (χ1v) is 7.02. The molecule has 0 unspecified atom stereocenters.